The van der Waals surface area contributed by atoms with Gasteiger partial charge in [0.15, 0.2) is 6.61 Å². The molecule has 3 aromatic carbocycles. The second kappa shape index (κ2) is 9.81. The highest BCUT2D eigenvalue weighted by Gasteiger charge is 2.22. The van der Waals surface area contributed by atoms with Crippen LogP contribution in [-0.2, 0) is 21.4 Å². The van der Waals surface area contributed by atoms with E-state index in [2.05, 4.69) is 6.07 Å². The molecule has 0 fully saturated rings. The molecule has 0 spiro atoms. The van der Waals surface area contributed by atoms with Crippen LogP contribution in [0.5, 0.6) is 5.75 Å². The van der Waals surface area contributed by atoms with Crippen molar-refractivity contribution >= 4 is 16.0 Å². The van der Waals surface area contributed by atoms with Crippen molar-refractivity contribution in [1.29, 1.82) is 5.26 Å². The molecular weight excluding hydrogens is 447 g/mol. The predicted octanol–water partition coefficient (Wildman–Crippen LogP) is 3.96. The minimum absolute atomic E-state index is 0.00289. The lowest BCUT2D eigenvalue weighted by Gasteiger charge is -2.19. The van der Waals surface area contributed by atoms with Gasteiger partial charge in [-0.2, -0.15) is 9.57 Å². The maximum Gasteiger partial charge on any atom is 0.341 e. The van der Waals surface area contributed by atoms with E-state index in [0.29, 0.717) is 22.3 Å². The predicted molar refractivity (Wildman–Crippen MR) is 120 cm³/mol. The second-order valence-corrected chi connectivity index (χ2v) is 9.42. The summed E-state index contributed by atoms with van der Waals surface area (Å²) in [6, 6.07) is 17.3. The van der Waals surface area contributed by atoms with Crippen LogP contribution in [0.3, 0.4) is 0 Å². The zero-order valence-corrected chi connectivity index (χ0v) is 18.8. The molecule has 0 atom stereocenters. The lowest BCUT2D eigenvalue weighted by atomic mass is 10.00. The molecule has 0 aliphatic heterocycles. The molecule has 0 aliphatic rings. The van der Waals surface area contributed by atoms with Gasteiger partial charge in [0.1, 0.15) is 11.6 Å². The highest BCUT2D eigenvalue weighted by molar-refractivity contribution is 7.89. The van der Waals surface area contributed by atoms with E-state index in [4.69, 9.17) is 9.84 Å². The lowest BCUT2D eigenvalue weighted by molar-refractivity contribution is -0.139. The van der Waals surface area contributed by atoms with E-state index in [0.717, 1.165) is 10.4 Å². The Morgan fingerprint density at radius 2 is 1.91 bits per heavy atom. The minimum Gasteiger partial charge on any atom is -0.481 e. The van der Waals surface area contributed by atoms with E-state index in [1.54, 1.807) is 42.5 Å². The molecule has 33 heavy (non-hydrogen) atoms. The third kappa shape index (κ3) is 5.55. The largest absolute Gasteiger partial charge is 0.481 e. The molecule has 7 nitrogen and oxygen atoms in total. The molecule has 170 valence electrons. The maximum absolute atomic E-state index is 13.6. The molecular formula is C24H21FN2O5S. The fraction of sp³-hybridized carbons (Fsp3) is 0.167. The number of aryl methyl sites for hydroxylation is 1. The monoisotopic (exact) mass is 468 g/mol. The summed E-state index contributed by atoms with van der Waals surface area (Å²) >= 11 is 0. The summed E-state index contributed by atoms with van der Waals surface area (Å²) in [7, 11) is -2.47. The molecule has 0 unspecified atom stereocenters. The molecule has 0 saturated carbocycles. The Morgan fingerprint density at radius 3 is 2.58 bits per heavy atom. The smallest absolute Gasteiger partial charge is 0.341 e. The summed E-state index contributed by atoms with van der Waals surface area (Å²) in [6.07, 6.45) is 0. The van der Waals surface area contributed by atoms with Crippen molar-refractivity contribution in [3.8, 4) is 22.9 Å². The minimum atomic E-state index is -3.88. The van der Waals surface area contributed by atoms with Crippen LogP contribution in [0.1, 0.15) is 16.7 Å². The van der Waals surface area contributed by atoms with Gasteiger partial charge in [0.2, 0.25) is 10.0 Å². The van der Waals surface area contributed by atoms with E-state index in [1.807, 2.05) is 0 Å². The van der Waals surface area contributed by atoms with Crippen LogP contribution in [0.25, 0.3) is 11.1 Å². The number of hydrogen-bond acceptors (Lipinski definition) is 5. The fourth-order valence-electron chi connectivity index (χ4n) is 3.22. The number of nitrogens with zero attached hydrogens (tertiary/aromatic N) is 2. The van der Waals surface area contributed by atoms with Crippen molar-refractivity contribution in [1.82, 2.24) is 4.31 Å². The molecule has 1 N–H and O–H groups in total. The summed E-state index contributed by atoms with van der Waals surface area (Å²) in [5.41, 5.74) is 2.39. The number of sulfonamides is 1. The molecule has 0 bridgehead atoms. The highest BCUT2D eigenvalue weighted by atomic mass is 32.2. The molecule has 0 amide bonds. The van der Waals surface area contributed by atoms with Crippen LogP contribution in [0.4, 0.5) is 4.39 Å². The molecule has 0 aliphatic carbocycles. The van der Waals surface area contributed by atoms with Gasteiger partial charge in [0, 0.05) is 19.2 Å². The van der Waals surface area contributed by atoms with Gasteiger partial charge in [-0.05, 0) is 66.1 Å². The Kier molecular flexibility index (Phi) is 7.11. The van der Waals surface area contributed by atoms with Crippen LogP contribution in [0, 0.1) is 24.1 Å². The Balaban J connectivity index is 1.96. The molecule has 0 aromatic heterocycles. The van der Waals surface area contributed by atoms with E-state index in [1.165, 1.54) is 26.1 Å². The second-order valence-electron chi connectivity index (χ2n) is 7.38. The Labute approximate surface area is 191 Å². The van der Waals surface area contributed by atoms with Crippen LogP contribution in [0.15, 0.2) is 65.6 Å². The molecule has 0 saturated heterocycles. The van der Waals surface area contributed by atoms with Crippen LogP contribution in [0.2, 0.25) is 0 Å². The third-order valence-corrected chi connectivity index (χ3v) is 6.74. The number of nitriles is 1. The van der Waals surface area contributed by atoms with E-state index >= 15 is 0 Å². The fourth-order valence-corrected chi connectivity index (χ4v) is 4.47. The number of benzene rings is 3. The van der Waals surface area contributed by atoms with E-state index in [-0.39, 0.29) is 22.8 Å². The quantitative estimate of drug-likeness (QED) is 0.536. The van der Waals surface area contributed by atoms with Crippen molar-refractivity contribution < 1.29 is 27.4 Å². The average Bonchev–Trinajstić information content (AvgIpc) is 2.79. The van der Waals surface area contributed by atoms with E-state index < -0.39 is 28.4 Å². The van der Waals surface area contributed by atoms with Crippen molar-refractivity contribution in [2.45, 2.75) is 18.4 Å². The third-order valence-electron chi connectivity index (χ3n) is 4.94. The summed E-state index contributed by atoms with van der Waals surface area (Å²) in [6.45, 7) is 0.942. The number of carboxylic acid groups (broad SMARTS) is 1. The van der Waals surface area contributed by atoms with Gasteiger partial charge in [-0.1, -0.05) is 18.2 Å². The summed E-state index contributed by atoms with van der Waals surface area (Å²) in [5, 5.41) is 18.2. The highest BCUT2D eigenvalue weighted by Crippen LogP contribution is 2.32. The first-order chi connectivity index (χ1) is 15.6. The topological polar surface area (TPSA) is 108 Å². The molecule has 3 aromatic rings. The SMILES string of the molecule is Cc1cc(S(=O)(=O)N(C)Cc2ccc(OCC(=O)O)c(-c3cccc(C#N)c3)c2)ccc1F. The summed E-state index contributed by atoms with van der Waals surface area (Å²) in [5.74, 6) is -1.34. The number of halogens is 1. The average molecular weight is 469 g/mol. The first kappa shape index (κ1) is 23.9. The van der Waals surface area contributed by atoms with Gasteiger partial charge >= 0.3 is 5.97 Å². The number of ether oxygens (including phenoxy) is 1. The van der Waals surface area contributed by atoms with Gasteiger partial charge in [-0.25, -0.2) is 17.6 Å². The molecule has 3 rings (SSSR count). The zero-order valence-electron chi connectivity index (χ0n) is 17.9. The maximum atomic E-state index is 13.6. The molecule has 9 heteroatoms. The van der Waals surface area contributed by atoms with Crippen LogP contribution in [-0.4, -0.2) is 37.5 Å². The van der Waals surface area contributed by atoms with Gasteiger partial charge in [-0.3, -0.25) is 0 Å². The standard InChI is InChI=1S/C24H21FN2O5S/c1-16-10-20(7-8-22(16)25)33(30,31)27(2)14-18-6-9-23(32-15-24(28)29)21(12-18)19-5-3-4-17(11-19)13-26/h3-12H,14-15H2,1-2H3,(H,28,29). The van der Waals surface area contributed by atoms with Crippen molar-refractivity contribution in [2.24, 2.45) is 0 Å². The number of carboxylic acids is 1. The van der Waals surface area contributed by atoms with Crippen molar-refractivity contribution in [3.63, 3.8) is 0 Å². The first-order valence-corrected chi connectivity index (χ1v) is 11.3. The van der Waals surface area contributed by atoms with Crippen LogP contribution >= 0.6 is 0 Å². The van der Waals surface area contributed by atoms with Crippen molar-refractivity contribution in [3.05, 3.63) is 83.2 Å². The van der Waals surface area contributed by atoms with E-state index in [9.17, 15) is 22.9 Å². The number of hydrogen-bond donors (Lipinski definition) is 1. The summed E-state index contributed by atoms with van der Waals surface area (Å²) < 4.78 is 46.0. The van der Waals surface area contributed by atoms with Gasteiger partial charge < -0.3 is 9.84 Å². The number of carbonyl (C=O) groups is 1. The Bertz CT molecular complexity index is 1350. The van der Waals surface area contributed by atoms with Crippen molar-refractivity contribution in [2.75, 3.05) is 13.7 Å². The lowest BCUT2D eigenvalue weighted by Crippen LogP contribution is -2.26. The number of aliphatic carboxylic acids is 1. The number of rotatable bonds is 8. The van der Waals surface area contributed by atoms with Crippen LogP contribution < -0.4 is 4.74 Å². The van der Waals surface area contributed by atoms with Gasteiger partial charge in [0.25, 0.3) is 0 Å². The zero-order chi connectivity index (χ0) is 24.2. The Hall–Kier alpha value is -3.74. The molecule has 0 radical (unpaired) electrons. The van der Waals surface area contributed by atoms with Gasteiger partial charge in [-0.15, -0.1) is 0 Å². The Morgan fingerprint density at radius 1 is 1.15 bits per heavy atom. The molecule has 0 heterocycles. The first-order valence-electron chi connectivity index (χ1n) is 9.82. The summed E-state index contributed by atoms with van der Waals surface area (Å²) in [4.78, 5) is 10.9. The van der Waals surface area contributed by atoms with Gasteiger partial charge in [0.05, 0.1) is 16.5 Å². The normalized spacial score (nSPS) is 11.2.